The molecule has 8 heteroatoms. The number of carbonyl (C=O) groups is 1. The highest BCUT2D eigenvalue weighted by molar-refractivity contribution is 7.13. The Labute approximate surface area is 153 Å². The SMILES string of the molecule is COC(=O)c1ccc(-c2nc(COc3ccc([N+](=O)[O-])cc3)cs2)cc1. The normalized spacial score (nSPS) is 10.3. The van der Waals surface area contributed by atoms with Gasteiger partial charge in [-0.25, -0.2) is 9.78 Å². The first kappa shape index (κ1) is 17.6. The smallest absolute Gasteiger partial charge is 0.337 e. The number of thiazole rings is 1. The number of nitrogens with zero attached hydrogens (tertiary/aromatic N) is 2. The van der Waals surface area contributed by atoms with Gasteiger partial charge in [-0.05, 0) is 24.3 Å². The molecule has 0 bridgehead atoms. The predicted octanol–water partition coefficient (Wildman–Crippen LogP) is 4.08. The van der Waals surface area contributed by atoms with Gasteiger partial charge in [0, 0.05) is 23.1 Å². The lowest BCUT2D eigenvalue weighted by molar-refractivity contribution is -0.384. The molecule has 0 aliphatic rings. The number of carbonyl (C=O) groups excluding carboxylic acids is 1. The van der Waals surface area contributed by atoms with Crippen molar-refractivity contribution in [2.24, 2.45) is 0 Å². The van der Waals surface area contributed by atoms with Gasteiger partial charge in [-0.2, -0.15) is 0 Å². The fourth-order valence-electron chi connectivity index (χ4n) is 2.19. The third-order valence-electron chi connectivity index (χ3n) is 3.54. The quantitative estimate of drug-likeness (QED) is 0.369. The molecule has 1 aromatic heterocycles. The molecular weight excluding hydrogens is 356 g/mol. The number of nitro groups is 1. The molecule has 0 amide bonds. The Morgan fingerprint density at radius 1 is 1.15 bits per heavy atom. The molecule has 0 spiro atoms. The summed E-state index contributed by atoms with van der Waals surface area (Å²) in [5.74, 6) is 0.153. The minimum Gasteiger partial charge on any atom is -0.487 e. The topological polar surface area (TPSA) is 91.6 Å². The minimum absolute atomic E-state index is 0.0173. The van der Waals surface area contributed by atoms with Crippen molar-refractivity contribution in [3.63, 3.8) is 0 Å². The molecule has 0 atom stereocenters. The molecule has 3 aromatic rings. The molecule has 1 heterocycles. The molecule has 132 valence electrons. The van der Waals surface area contributed by atoms with E-state index in [4.69, 9.17) is 4.74 Å². The maximum absolute atomic E-state index is 11.5. The Balaban J connectivity index is 1.64. The van der Waals surface area contributed by atoms with Crippen LogP contribution in [0.1, 0.15) is 16.1 Å². The van der Waals surface area contributed by atoms with E-state index in [1.165, 1.54) is 30.6 Å². The van der Waals surface area contributed by atoms with E-state index in [9.17, 15) is 14.9 Å². The van der Waals surface area contributed by atoms with E-state index in [0.29, 0.717) is 11.3 Å². The van der Waals surface area contributed by atoms with Crippen molar-refractivity contribution in [2.45, 2.75) is 6.61 Å². The van der Waals surface area contributed by atoms with Crippen LogP contribution < -0.4 is 4.74 Å². The maximum Gasteiger partial charge on any atom is 0.337 e. The van der Waals surface area contributed by atoms with E-state index in [-0.39, 0.29) is 18.3 Å². The van der Waals surface area contributed by atoms with Gasteiger partial charge in [-0.3, -0.25) is 10.1 Å². The third kappa shape index (κ3) is 4.04. The van der Waals surface area contributed by atoms with Crippen molar-refractivity contribution in [3.8, 4) is 16.3 Å². The van der Waals surface area contributed by atoms with Gasteiger partial charge in [0.05, 0.1) is 23.3 Å². The van der Waals surface area contributed by atoms with Crippen LogP contribution in [0.4, 0.5) is 5.69 Å². The predicted molar refractivity (Wildman–Crippen MR) is 96.3 cm³/mol. The first-order valence-electron chi connectivity index (χ1n) is 7.57. The van der Waals surface area contributed by atoms with Crippen LogP contribution in [0.2, 0.25) is 0 Å². The van der Waals surface area contributed by atoms with Crippen LogP contribution in [-0.2, 0) is 11.3 Å². The highest BCUT2D eigenvalue weighted by Gasteiger charge is 2.09. The van der Waals surface area contributed by atoms with Crippen LogP contribution in [0.25, 0.3) is 10.6 Å². The summed E-state index contributed by atoms with van der Waals surface area (Å²) in [4.78, 5) is 26.1. The number of methoxy groups -OCH3 is 1. The average molecular weight is 370 g/mol. The lowest BCUT2D eigenvalue weighted by atomic mass is 10.1. The summed E-state index contributed by atoms with van der Waals surface area (Å²) in [5, 5.41) is 13.3. The molecular formula is C18H14N2O5S. The molecule has 0 aliphatic heterocycles. The van der Waals surface area contributed by atoms with Gasteiger partial charge in [-0.1, -0.05) is 12.1 Å². The van der Waals surface area contributed by atoms with Crippen molar-refractivity contribution >= 4 is 23.0 Å². The fraction of sp³-hybridized carbons (Fsp3) is 0.111. The van der Waals surface area contributed by atoms with Crippen molar-refractivity contribution in [3.05, 3.63) is 75.3 Å². The number of benzene rings is 2. The monoisotopic (exact) mass is 370 g/mol. The van der Waals surface area contributed by atoms with Crippen molar-refractivity contribution in [2.75, 3.05) is 7.11 Å². The molecule has 3 rings (SSSR count). The Morgan fingerprint density at radius 3 is 2.46 bits per heavy atom. The lowest BCUT2D eigenvalue weighted by Gasteiger charge is -2.03. The molecule has 0 unspecified atom stereocenters. The van der Waals surface area contributed by atoms with Crippen LogP contribution in [0.15, 0.2) is 53.9 Å². The van der Waals surface area contributed by atoms with E-state index >= 15 is 0 Å². The van der Waals surface area contributed by atoms with Gasteiger partial charge in [0.15, 0.2) is 0 Å². The number of rotatable bonds is 6. The summed E-state index contributed by atoms with van der Waals surface area (Å²) in [6.45, 7) is 0.258. The Morgan fingerprint density at radius 2 is 1.85 bits per heavy atom. The second-order valence-corrected chi connectivity index (χ2v) is 6.11. The van der Waals surface area contributed by atoms with Gasteiger partial charge in [0.1, 0.15) is 17.4 Å². The molecule has 0 radical (unpaired) electrons. The number of ether oxygens (including phenoxy) is 2. The number of esters is 1. The zero-order valence-corrected chi connectivity index (χ0v) is 14.6. The minimum atomic E-state index is -0.456. The highest BCUT2D eigenvalue weighted by atomic mass is 32.1. The highest BCUT2D eigenvalue weighted by Crippen LogP contribution is 2.25. The summed E-state index contributed by atoms with van der Waals surface area (Å²) in [6, 6.07) is 12.9. The van der Waals surface area contributed by atoms with E-state index < -0.39 is 4.92 Å². The van der Waals surface area contributed by atoms with Gasteiger partial charge in [0.2, 0.25) is 0 Å². The van der Waals surface area contributed by atoms with Crippen LogP contribution in [0.3, 0.4) is 0 Å². The molecule has 0 aliphatic carbocycles. The summed E-state index contributed by atoms with van der Waals surface area (Å²) in [7, 11) is 1.34. The van der Waals surface area contributed by atoms with Crippen LogP contribution in [0, 0.1) is 10.1 Å². The van der Waals surface area contributed by atoms with E-state index in [1.54, 1.807) is 24.3 Å². The summed E-state index contributed by atoms with van der Waals surface area (Å²) in [5.41, 5.74) is 2.14. The third-order valence-corrected chi connectivity index (χ3v) is 4.48. The molecule has 0 N–H and O–H groups in total. The first-order chi connectivity index (χ1) is 12.6. The number of hydrogen-bond donors (Lipinski definition) is 0. The molecule has 0 saturated carbocycles. The molecule has 0 fully saturated rings. The number of aromatic nitrogens is 1. The summed E-state index contributed by atoms with van der Waals surface area (Å²) >= 11 is 1.47. The van der Waals surface area contributed by atoms with Gasteiger partial charge >= 0.3 is 5.97 Å². The summed E-state index contributed by atoms with van der Waals surface area (Å²) in [6.07, 6.45) is 0. The van der Waals surface area contributed by atoms with Crippen LogP contribution >= 0.6 is 11.3 Å². The molecule has 0 saturated heterocycles. The van der Waals surface area contributed by atoms with Gasteiger partial charge in [0.25, 0.3) is 5.69 Å². The Bertz CT molecular complexity index is 920. The second kappa shape index (κ2) is 7.75. The number of nitro benzene ring substituents is 1. The van der Waals surface area contributed by atoms with Gasteiger partial charge < -0.3 is 9.47 Å². The first-order valence-corrected chi connectivity index (χ1v) is 8.45. The van der Waals surface area contributed by atoms with Crippen molar-refractivity contribution < 1.29 is 19.2 Å². The number of non-ortho nitro benzene ring substituents is 1. The van der Waals surface area contributed by atoms with E-state index in [2.05, 4.69) is 9.72 Å². The van der Waals surface area contributed by atoms with Crippen molar-refractivity contribution in [1.82, 2.24) is 4.98 Å². The lowest BCUT2D eigenvalue weighted by Crippen LogP contribution is -2.00. The molecule has 26 heavy (non-hydrogen) atoms. The zero-order chi connectivity index (χ0) is 18.5. The van der Waals surface area contributed by atoms with Gasteiger partial charge in [-0.15, -0.1) is 11.3 Å². The fourth-order valence-corrected chi connectivity index (χ4v) is 3.00. The van der Waals surface area contributed by atoms with E-state index in [0.717, 1.165) is 16.3 Å². The maximum atomic E-state index is 11.5. The van der Waals surface area contributed by atoms with Crippen molar-refractivity contribution in [1.29, 1.82) is 0 Å². The zero-order valence-electron chi connectivity index (χ0n) is 13.7. The Hall–Kier alpha value is -3.26. The molecule has 7 nitrogen and oxygen atoms in total. The summed E-state index contributed by atoms with van der Waals surface area (Å²) < 4.78 is 10.3. The second-order valence-electron chi connectivity index (χ2n) is 5.25. The van der Waals surface area contributed by atoms with Crippen LogP contribution in [0.5, 0.6) is 5.75 Å². The van der Waals surface area contributed by atoms with E-state index in [1.807, 2.05) is 17.5 Å². The average Bonchev–Trinajstić information content (AvgIpc) is 3.15. The largest absolute Gasteiger partial charge is 0.487 e. The van der Waals surface area contributed by atoms with Crippen LogP contribution in [-0.4, -0.2) is 23.0 Å². The number of hydrogen-bond acceptors (Lipinski definition) is 7. The molecule has 2 aromatic carbocycles. The Kier molecular flexibility index (Phi) is 5.23. The standard InChI is InChI=1S/C18H14N2O5S/c1-24-18(21)13-4-2-12(3-5-13)17-19-14(11-26-17)10-25-16-8-6-15(7-9-16)20(22)23/h2-9,11H,10H2,1H3.